The molecule has 0 bridgehead atoms. The first-order valence-electron chi connectivity index (χ1n) is 2.86. The molecule has 0 radical (unpaired) electrons. The molecule has 9 heavy (non-hydrogen) atoms. The molecule has 4 heteroatoms. The van der Waals surface area contributed by atoms with Crippen LogP contribution in [0.2, 0.25) is 0 Å². The summed E-state index contributed by atoms with van der Waals surface area (Å²) in [6, 6.07) is 0. The molecule has 0 fully saturated rings. The van der Waals surface area contributed by atoms with Crippen LogP contribution in [0.1, 0.15) is 0 Å². The third-order valence-electron chi connectivity index (χ3n) is 1.27. The number of aliphatic hydroxyl groups excluding tert-OH is 3. The summed E-state index contributed by atoms with van der Waals surface area (Å²) >= 11 is 0. The number of hydrogen-bond donors (Lipinski definition) is 4. The van der Waals surface area contributed by atoms with Gasteiger partial charge < -0.3 is 21.1 Å². The predicted octanol–water partition coefficient (Wildman–Crippen LogP) is -2.09. The number of rotatable bonds is 4. The maximum absolute atomic E-state index is 8.83. The van der Waals surface area contributed by atoms with Crippen LogP contribution in [0.3, 0.4) is 0 Å². The van der Waals surface area contributed by atoms with Crippen molar-refractivity contribution in [1.82, 2.24) is 0 Å². The van der Waals surface area contributed by atoms with Crippen LogP contribution in [-0.2, 0) is 0 Å². The van der Waals surface area contributed by atoms with Gasteiger partial charge in [-0.2, -0.15) is 0 Å². The van der Waals surface area contributed by atoms with Crippen LogP contribution in [0, 0.1) is 5.92 Å². The van der Waals surface area contributed by atoms with Crippen molar-refractivity contribution < 1.29 is 15.3 Å². The van der Waals surface area contributed by atoms with Crippen LogP contribution in [-0.4, -0.2) is 41.2 Å². The number of aliphatic hydroxyl groups is 3. The fraction of sp³-hybridized carbons (Fsp3) is 1.00. The molecule has 0 saturated carbocycles. The van der Waals surface area contributed by atoms with Gasteiger partial charge in [0, 0.05) is 12.5 Å². The Morgan fingerprint density at radius 1 is 1.22 bits per heavy atom. The van der Waals surface area contributed by atoms with E-state index in [1.165, 1.54) is 0 Å². The molecule has 0 amide bonds. The Kier molecular flexibility index (Phi) is 4.61. The average Bonchev–Trinajstić information content (AvgIpc) is 1.90. The first-order chi connectivity index (χ1) is 4.26. The molecule has 0 rings (SSSR count). The Morgan fingerprint density at radius 3 is 1.89 bits per heavy atom. The monoisotopic (exact) mass is 135 g/mol. The molecule has 0 aromatic heterocycles. The molecule has 2 atom stereocenters. The van der Waals surface area contributed by atoms with Crippen molar-refractivity contribution in [2.45, 2.75) is 6.10 Å². The summed E-state index contributed by atoms with van der Waals surface area (Å²) in [7, 11) is 0. The Bertz CT molecular complexity index is 65.2. The second-order valence-corrected chi connectivity index (χ2v) is 1.93. The van der Waals surface area contributed by atoms with Gasteiger partial charge in [-0.1, -0.05) is 0 Å². The minimum atomic E-state index is -0.889. The van der Waals surface area contributed by atoms with Crippen molar-refractivity contribution in [1.29, 1.82) is 0 Å². The van der Waals surface area contributed by atoms with Crippen LogP contribution in [0.15, 0.2) is 0 Å². The largest absolute Gasteiger partial charge is 0.396 e. The lowest BCUT2D eigenvalue weighted by Gasteiger charge is -2.15. The van der Waals surface area contributed by atoms with Crippen LogP contribution in [0.25, 0.3) is 0 Å². The zero-order valence-electron chi connectivity index (χ0n) is 5.20. The van der Waals surface area contributed by atoms with Gasteiger partial charge in [-0.15, -0.1) is 0 Å². The summed E-state index contributed by atoms with van der Waals surface area (Å²) in [5, 5.41) is 25.7. The van der Waals surface area contributed by atoms with E-state index in [1.54, 1.807) is 0 Å². The standard InChI is InChI=1S/C5H13NO3/c6-1-4(2-7)5(9)3-8/h4-5,7-9H,1-3,6H2. The van der Waals surface area contributed by atoms with Crippen molar-refractivity contribution in [3.63, 3.8) is 0 Å². The Hall–Kier alpha value is -0.160. The third-order valence-corrected chi connectivity index (χ3v) is 1.27. The summed E-state index contributed by atoms with van der Waals surface area (Å²) < 4.78 is 0. The first kappa shape index (κ1) is 8.84. The van der Waals surface area contributed by atoms with Gasteiger partial charge in [-0.25, -0.2) is 0 Å². The molecular weight excluding hydrogens is 122 g/mol. The SMILES string of the molecule is NCC(CO)C(O)CO. The molecule has 4 nitrogen and oxygen atoms in total. The van der Waals surface area contributed by atoms with Gasteiger partial charge in [0.2, 0.25) is 0 Å². The summed E-state index contributed by atoms with van der Waals surface area (Å²) in [5.74, 6) is -0.394. The Morgan fingerprint density at radius 2 is 1.78 bits per heavy atom. The molecule has 56 valence electrons. The first-order valence-corrected chi connectivity index (χ1v) is 2.86. The molecule has 2 unspecified atom stereocenters. The van der Waals surface area contributed by atoms with Gasteiger partial charge in [0.05, 0.1) is 12.7 Å². The van der Waals surface area contributed by atoms with E-state index in [0.717, 1.165) is 0 Å². The summed E-state index contributed by atoms with van der Waals surface area (Å²) in [6.45, 7) is -0.334. The van der Waals surface area contributed by atoms with Crippen LogP contribution >= 0.6 is 0 Å². The zero-order chi connectivity index (χ0) is 7.28. The van der Waals surface area contributed by atoms with Crippen LogP contribution < -0.4 is 5.73 Å². The molecule has 0 aliphatic heterocycles. The highest BCUT2D eigenvalue weighted by Gasteiger charge is 2.14. The van der Waals surface area contributed by atoms with Gasteiger partial charge in [0.15, 0.2) is 0 Å². The van der Waals surface area contributed by atoms with Gasteiger partial charge in [-0.05, 0) is 6.54 Å². The average molecular weight is 135 g/mol. The van der Waals surface area contributed by atoms with E-state index in [-0.39, 0.29) is 19.8 Å². The predicted molar refractivity (Wildman–Crippen MR) is 32.7 cm³/mol. The molecule has 0 heterocycles. The number of nitrogens with two attached hydrogens (primary N) is 1. The molecule has 0 aromatic carbocycles. The lowest BCUT2D eigenvalue weighted by atomic mass is 10.1. The minimum Gasteiger partial charge on any atom is -0.396 e. The van der Waals surface area contributed by atoms with E-state index < -0.39 is 12.0 Å². The number of hydrogen-bond acceptors (Lipinski definition) is 4. The van der Waals surface area contributed by atoms with E-state index >= 15 is 0 Å². The highest BCUT2D eigenvalue weighted by Crippen LogP contribution is 1.98. The van der Waals surface area contributed by atoms with Gasteiger partial charge in [0.1, 0.15) is 0 Å². The quantitative estimate of drug-likeness (QED) is 0.356. The molecule has 0 spiro atoms. The fourth-order valence-corrected chi connectivity index (χ4v) is 0.502. The highest BCUT2D eigenvalue weighted by atomic mass is 16.3. The zero-order valence-corrected chi connectivity index (χ0v) is 5.20. The summed E-state index contributed by atoms with van der Waals surface area (Å²) in [6.07, 6.45) is -0.889. The normalized spacial score (nSPS) is 17.3. The van der Waals surface area contributed by atoms with Gasteiger partial charge in [-0.3, -0.25) is 0 Å². The summed E-state index contributed by atoms with van der Waals surface area (Å²) in [5.41, 5.74) is 5.13. The minimum absolute atomic E-state index is 0.182. The second-order valence-electron chi connectivity index (χ2n) is 1.93. The lowest BCUT2D eigenvalue weighted by Crippen LogP contribution is -2.33. The van der Waals surface area contributed by atoms with Crippen molar-refractivity contribution in [3.8, 4) is 0 Å². The maximum atomic E-state index is 8.83. The van der Waals surface area contributed by atoms with E-state index in [4.69, 9.17) is 21.1 Å². The van der Waals surface area contributed by atoms with Crippen molar-refractivity contribution in [2.24, 2.45) is 11.7 Å². The van der Waals surface area contributed by atoms with Crippen molar-refractivity contribution >= 4 is 0 Å². The lowest BCUT2D eigenvalue weighted by molar-refractivity contribution is 0.0263. The van der Waals surface area contributed by atoms with Gasteiger partial charge in [0.25, 0.3) is 0 Å². The molecule has 5 N–H and O–H groups in total. The molecular formula is C5H13NO3. The maximum Gasteiger partial charge on any atom is 0.0832 e. The molecule has 0 aliphatic carbocycles. The third kappa shape index (κ3) is 2.76. The Balaban J connectivity index is 3.50. The van der Waals surface area contributed by atoms with E-state index in [1.807, 2.05) is 0 Å². The van der Waals surface area contributed by atoms with Gasteiger partial charge >= 0.3 is 0 Å². The molecule has 0 saturated heterocycles. The summed E-state index contributed by atoms with van der Waals surface area (Å²) in [4.78, 5) is 0. The molecule has 0 aliphatic rings. The smallest absolute Gasteiger partial charge is 0.0832 e. The van der Waals surface area contributed by atoms with E-state index in [0.29, 0.717) is 0 Å². The second kappa shape index (κ2) is 4.69. The van der Waals surface area contributed by atoms with Crippen molar-refractivity contribution in [2.75, 3.05) is 19.8 Å². The highest BCUT2D eigenvalue weighted by molar-refractivity contribution is 4.66. The van der Waals surface area contributed by atoms with E-state index in [9.17, 15) is 0 Å². The van der Waals surface area contributed by atoms with Crippen molar-refractivity contribution in [3.05, 3.63) is 0 Å². The van der Waals surface area contributed by atoms with Crippen LogP contribution in [0.5, 0.6) is 0 Å². The molecule has 0 aromatic rings. The Labute approximate surface area is 53.9 Å². The topological polar surface area (TPSA) is 86.7 Å². The van der Waals surface area contributed by atoms with Crippen LogP contribution in [0.4, 0.5) is 0 Å². The fourth-order valence-electron chi connectivity index (χ4n) is 0.502. The van der Waals surface area contributed by atoms with E-state index in [2.05, 4.69) is 0 Å².